The summed E-state index contributed by atoms with van der Waals surface area (Å²) in [6, 6.07) is 6.81. The first kappa shape index (κ1) is 31.2. The van der Waals surface area contributed by atoms with Gasteiger partial charge in [-0.15, -0.1) is 0 Å². The van der Waals surface area contributed by atoms with Gasteiger partial charge in [-0.25, -0.2) is 4.79 Å². The largest absolute Gasteiger partial charge is 0.461 e. The summed E-state index contributed by atoms with van der Waals surface area (Å²) in [6.45, 7) is 5.08. The standard InChI is InChI=1S/C25H25Cl4F3N2O3/c1-5-7-16(15-8-9-18(26)21(10-15)34-33-14(3)23(35)37-6-2)13-24(36-4,25(30,31)32)17-11-19(27)22(29)20(28)12-17/h7-12,34H,5-6,13H2,1-4H3/b16-7-,33-14+. The molecule has 0 aromatic heterocycles. The number of esters is 1. The molecule has 0 aliphatic rings. The lowest BCUT2D eigenvalue weighted by atomic mass is 9.83. The Morgan fingerprint density at radius 2 is 1.68 bits per heavy atom. The zero-order valence-corrected chi connectivity index (χ0v) is 23.4. The van der Waals surface area contributed by atoms with E-state index < -0.39 is 24.2 Å². The van der Waals surface area contributed by atoms with Crippen molar-refractivity contribution < 1.29 is 27.4 Å². The number of hydrogen-bond donors (Lipinski definition) is 1. The minimum absolute atomic E-state index is 0.0413. The van der Waals surface area contributed by atoms with Crippen LogP contribution in [-0.4, -0.2) is 31.6 Å². The zero-order chi connectivity index (χ0) is 28.0. The summed E-state index contributed by atoms with van der Waals surface area (Å²) in [5.41, 5.74) is 0.637. The number of ether oxygens (including phenoxy) is 2. The zero-order valence-electron chi connectivity index (χ0n) is 20.4. The third kappa shape index (κ3) is 7.33. The van der Waals surface area contributed by atoms with E-state index in [-0.39, 0.29) is 43.7 Å². The number of nitrogens with zero attached hydrogens (tertiary/aromatic N) is 1. The first-order chi connectivity index (χ1) is 17.3. The smallest absolute Gasteiger partial charge is 0.422 e. The summed E-state index contributed by atoms with van der Waals surface area (Å²) in [5.74, 6) is -0.621. The SMILES string of the molecule is CC/C=C(/CC(OC)(c1cc(Cl)c(Cl)c(Cl)c1)C(F)(F)F)c1ccc(Cl)c(N/N=C(\C)C(=O)OCC)c1. The molecular weight excluding hydrogens is 575 g/mol. The molecular formula is C25H25Cl4F3N2O3. The molecule has 0 amide bonds. The summed E-state index contributed by atoms with van der Waals surface area (Å²) < 4.78 is 54.1. The van der Waals surface area contributed by atoms with Gasteiger partial charge in [0.15, 0.2) is 5.60 Å². The van der Waals surface area contributed by atoms with Gasteiger partial charge >= 0.3 is 12.1 Å². The van der Waals surface area contributed by atoms with E-state index in [1.54, 1.807) is 26.0 Å². The summed E-state index contributed by atoms with van der Waals surface area (Å²) >= 11 is 24.4. The van der Waals surface area contributed by atoms with Gasteiger partial charge in [-0.3, -0.25) is 5.43 Å². The summed E-state index contributed by atoms with van der Waals surface area (Å²) in [7, 11) is 0.967. The van der Waals surface area contributed by atoms with Gasteiger partial charge in [0.25, 0.3) is 0 Å². The molecule has 0 aliphatic heterocycles. The predicted molar refractivity (Wildman–Crippen MR) is 144 cm³/mol. The van der Waals surface area contributed by atoms with Crippen LogP contribution in [-0.2, 0) is 19.9 Å². The van der Waals surface area contributed by atoms with Crippen LogP contribution in [0.25, 0.3) is 5.57 Å². The van der Waals surface area contributed by atoms with Crippen molar-refractivity contribution in [3.05, 3.63) is 67.6 Å². The van der Waals surface area contributed by atoms with Gasteiger partial charge in [0, 0.05) is 13.5 Å². The maximum absolute atomic E-state index is 14.7. The molecule has 37 heavy (non-hydrogen) atoms. The second-order valence-corrected chi connectivity index (χ2v) is 9.42. The van der Waals surface area contributed by atoms with Crippen LogP contribution in [0.15, 0.2) is 41.5 Å². The van der Waals surface area contributed by atoms with Gasteiger partial charge in [0.1, 0.15) is 5.71 Å². The number of anilines is 1. The molecule has 0 saturated carbocycles. The molecule has 1 N–H and O–H groups in total. The molecule has 12 heteroatoms. The van der Waals surface area contributed by atoms with Crippen molar-refractivity contribution in [2.45, 2.75) is 45.4 Å². The lowest BCUT2D eigenvalue weighted by Crippen LogP contribution is -2.44. The number of carbonyl (C=O) groups excluding carboxylic acids is 1. The van der Waals surface area contributed by atoms with E-state index >= 15 is 0 Å². The molecule has 0 bridgehead atoms. The van der Waals surface area contributed by atoms with E-state index in [2.05, 4.69) is 10.5 Å². The third-order valence-electron chi connectivity index (χ3n) is 5.40. The number of hydrazone groups is 1. The van der Waals surface area contributed by atoms with Crippen molar-refractivity contribution in [3.8, 4) is 0 Å². The molecule has 0 saturated heterocycles. The van der Waals surface area contributed by atoms with E-state index in [4.69, 9.17) is 55.9 Å². The Morgan fingerprint density at radius 1 is 1.05 bits per heavy atom. The fraction of sp³-hybridized carbons (Fsp3) is 0.360. The monoisotopic (exact) mass is 598 g/mol. The highest BCUT2D eigenvalue weighted by Crippen LogP contribution is 2.50. The van der Waals surface area contributed by atoms with Crippen molar-refractivity contribution in [2.75, 3.05) is 19.1 Å². The molecule has 0 heterocycles. The molecule has 5 nitrogen and oxygen atoms in total. The molecule has 2 rings (SSSR count). The lowest BCUT2D eigenvalue weighted by Gasteiger charge is -2.36. The second-order valence-electron chi connectivity index (χ2n) is 7.82. The average Bonchev–Trinajstić information content (AvgIpc) is 2.83. The molecule has 0 aliphatic carbocycles. The lowest BCUT2D eigenvalue weighted by molar-refractivity contribution is -0.274. The minimum atomic E-state index is -4.86. The average molecular weight is 600 g/mol. The van der Waals surface area contributed by atoms with Crippen molar-refractivity contribution in [1.29, 1.82) is 0 Å². The van der Waals surface area contributed by atoms with E-state index in [1.807, 2.05) is 0 Å². The fourth-order valence-electron chi connectivity index (χ4n) is 3.50. The topological polar surface area (TPSA) is 59.9 Å². The Hall–Kier alpha value is -1.97. The quantitative estimate of drug-likeness (QED) is 0.128. The highest BCUT2D eigenvalue weighted by atomic mass is 35.5. The Balaban J connectivity index is 2.58. The van der Waals surface area contributed by atoms with Crippen LogP contribution < -0.4 is 5.43 Å². The second kappa shape index (κ2) is 13.2. The number of rotatable bonds is 10. The summed E-state index contributed by atoms with van der Waals surface area (Å²) in [4.78, 5) is 11.8. The van der Waals surface area contributed by atoms with E-state index in [9.17, 15) is 18.0 Å². The molecule has 2 aromatic carbocycles. The first-order valence-electron chi connectivity index (χ1n) is 11.0. The number of halogens is 7. The predicted octanol–water partition coefficient (Wildman–Crippen LogP) is 8.94. The molecule has 1 unspecified atom stereocenters. The number of hydrogen-bond acceptors (Lipinski definition) is 5. The van der Waals surface area contributed by atoms with Gasteiger partial charge in [-0.1, -0.05) is 65.5 Å². The van der Waals surface area contributed by atoms with Crippen LogP contribution in [0, 0.1) is 0 Å². The van der Waals surface area contributed by atoms with Crippen molar-refractivity contribution >= 4 is 69.3 Å². The van der Waals surface area contributed by atoms with Crippen LogP contribution in [0.3, 0.4) is 0 Å². The van der Waals surface area contributed by atoms with Gasteiger partial charge in [-0.05, 0) is 61.2 Å². The molecule has 2 aromatic rings. The Kier molecular flexibility index (Phi) is 11.1. The number of methoxy groups -OCH3 is 1. The molecule has 0 fully saturated rings. The fourth-order valence-corrected chi connectivity index (χ4v) is 4.26. The van der Waals surface area contributed by atoms with Gasteiger partial charge in [0.05, 0.1) is 32.4 Å². The summed E-state index contributed by atoms with van der Waals surface area (Å²) in [6.07, 6.45) is -3.38. The number of benzene rings is 2. The van der Waals surface area contributed by atoms with Gasteiger partial charge < -0.3 is 9.47 Å². The van der Waals surface area contributed by atoms with E-state index in [0.717, 1.165) is 19.2 Å². The van der Waals surface area contributed by atoms with Crippen LogP contribution in [0.4, 0.5) is 18.9 Å². The number of alkyl halides is 3. The summed E-state index contributed by atoms with van der Waals surface area (Å²) in [5, 5.41) is 3.88. The molecule has 202 valence electrons. The van der Waals surface area contributed by atoms with Crippen LogP contribution in [0.2, 0.25) is 20.1 Å². The molecule has 0 spiro atoms. The maximum atomic E-state index is 14.7. The Bertz CT molecular complexity index is 1180. The van der Waals surface area contributed by atoms with Gasteiger partial charge in [-0.2, -0.15) is 18.3 Å². The maximum Gasteiger partial charge on any atom is 0.422 e. The number of carbonyl (C=O) groups is 1. The van der Waals surface area contributed by atoms with Crippen molar-refractivity contribution in [2.24, 2.45) is 5.10 Å². The van der Waals surface area contributed by atoms with Crippen LogP contribution in [0.1, 0.15) is 44.7 Å². The number of nitrogens with one attached hydrogen (secondary N) is 1. The molecule has 1 atom stereocenters. The Morgan fingerprint density at radius 3 is 2.19 bits per heavy atom. The molecule has 0 radical (unpaired) electrons. The minimum Gasteiger partial charge on any atom is -0.461 e. The van der Waals surface area contributed by atoms with E-state index in [1.165, 1.54) is 19.1 Å². The van der Waals surface area contributed by atoms with E-state index in [0.29, 0.717) is 17.6 Å². The Labute approximate surface area is 233 Å². The number of allylic oxidation sites excluding steroid dienone is 1. The highest BCUT2D eigenvalue weighted by molar-refractivity contribution is 6.48. The normalized spacial score (nSPS) is 14.4. The van der Waals surface area contributed by atoms with Crippen LogP contribution >= 0.6 is 46.4 Å². The van der Waals surface area contributed by atoms with Crippen molar-refractivity contribution in [3.63, 3.8) is 0 Å². The first-order valence-corrected chi connectivity index (χ1v) is 12.6. The van der Waals surface area contributed by atoms with Crippen molar-refractivity contribution in [1.82, 2.24) is 0 Å². The van der Waals surface area contributed by atoms with Gasteiger partial charge in [0.2, 0.25) is 0 Å². The van der Waals surface area contributed by atoms with Crippen LogP contribution in [0.5, 0.6) is 0 Å². The highest BCUT2D eigenvalue weighted by Gasteiger charge is 2.57. The third-order valence-corrected chi connectivity index (χ3v) is 6.92.